The molecule has 0 fully saturated rings. The van der Waals surface area contributed by atoms with Gasteiger partial charge in [-0.15, -0.1) is 16.7 Å². The van der Waals surface area contributed by atoms with E-state index < -0.39 is 8.07 Å². The zero-order valence-electron chi connectivity index (χ0n) is 24.4. The van der Waals surface area contributed by atoms with Crippen molar-refractivity contribution in [3.05, 3.63) is 118 Å². The van der Waals surface area contributed by atoms with Crippen LogP contribution in [-0.4, -0.2) is 17.6 Å². The molecule has 2 radical (unpaired) electrons. The van der Waals surface area contributed by atoms with Gasteiger partial charge in [-0.25, -0.2) is 0 Å². The number of allylic oxidation sites excluding steroid dienone is 1. The van der Waals surface area contributed by atoms with Gasteiger partial charge < -0.3 is 24.8 Å². The third-order valence-electron chi connectivity index (χ3n) is 7.72. The Morgan fingerprint density at radius 2 is 1.48 bits per heavy atom. The number of hydrogen-bond donors (Lipinski definition) is 0. The molecule has 0 saturated heterocycles. The SMILES string of the molecule is CCC1=Cc2c(-c3ccc([Si](C)(C)C)cc3)cccc2C1c1[c-]ccc2c1Cc1ccccc1-2.C[SiH]C.[Cl-].[Cl-].[Zr+3]. The van der Waals surface area contributed by atoms with E-state index in [1.807, 2.05) is 0 Å². The summed E-state index contributed by atoms with van der Waals surface area (Å²) in [6.07, 6.45) is 4.54. The second-order valence-corrected chi connectivity index (χ2v) is 17.6. The van der Waals surface area contributed by atoms with Crippen LogP contribution in [0.5, 0.6) is 0 Å². The number of hydrogen-bond acceptors (Lipinski definition) is 0. The Hall–Kier alpha value is -1.48. The van der Waals surface area contributed by atoms with Crippen molar-refractivity contribution in [3.63, 3.8) is 0 Å². The molecule has 0 N–H and O–H groups in total. The molecule has 0 aliphatic heterocycles. The molecular formula is C35H38Cl2Si2Zr. The maximum Gasteiger partial charge on any atom is 3.00 e. The van der Waals surface area contributed by atoms with E-state index in [0.29, 0.717) is 5.92 Å². The van der Waals surface area contributed by atoms with Gasteiger partial charge in [0.15, 0.2) is 0 Å². The first kappa shape index (κ1) is 34.7. The van der Waals surface area contributed by atoms with Crippen molar-refractivity contribution < 1.29 is 51.0 Å². The maximum atomic E-state index is 3.70. The number of rotatable bonds is 4. The molecule has 5 heteroatoms. The van der Waals surface area contributed by atoms with Gasteiger partial charge in [0.1, 0.15) is 0 Å². The van der Waals surface area contributed by atoms with Crippen LogP contribution in [0.4, 0.5) is 0 Å². The van der Waals surface area contributed by atoms with E-state index in [1.165, 1.54) is 60.8 Å². The summed E-state index contributed by atoms with van der Waals surface area (Å²) in [5, 5.41) is 1.51. The van der Waals surface area contributed by atoms with Crippen LogP contribution in [0.2, 0.25) is 32.7 Å². The van der Waals surface area contributed by atoms with Crippen LogP contribution in [0.15, 0.2) is 84.4 Å². The van der Waals surface area contributed by atoms with Gasteiger partial charge >= 0.3 is 26.2 Å². The van der Waals surface area contributed by atoms with Crippen LogP contribution < -0.4 is 30.0 Å². The molecule has 0 saturated carbocycles. The minimum atomic E-state index is -1.30. The summed E-state index contributed by atoms with van der Waals surface area (Å²) in [4.78, 5) is 0. The van der Waals surface area contributed by atoms with Gasteiger partial charge in [-0.05, 0) is 46.2 Å². The van der Waals surface area contributed by atoms with Gasteiger partial charge in [0.05, 0.1) is 8.07 Å². The Morgan fingerprint density at radius 1 is 0.825 bits per heavy atom. The first-order chi connectivity index (χ1) is 17.9. The molecule has 0 bridgehead atoms. The van der Waals surface area contributed by atoms with E-state index in [2.05, 4.69) is 131 Å². The predicted molar refractivity (Wildman–Crippen MR) is 167 cm³/mol. The molecule has 1 atom stereocenters. The molecule has 0 amide bonds. The predicted octanol–water partition coefficient (Wildman–Crippen LogP) is 2.73. The standard InChI is InChI=1S/C33H31Si.C2H7Si.2ClH.Zr/c1-5-22-20-31-26(23-16-18-25(19-17-23)34(2,3)4)12-8-14-29(31)33(22)30-15-9-13-28-27-11-7-6-10-24(27)21-32(28)30;1-3-2;;;/h6-14,16-20,33H,5,21H2,1-4H3;3H,1-2H3;2*1H;/q-1;;;;+3/p-2. The van der Waals surface area contributed by atoms with Crippen LogP contribution in [0.25, 0.3) is 28.3 Å². The van der Waals surface area contributed by atoms with Gasteiger partial charge in [-0.2, -0.15) is 18.2 Å². The number of halogens is 2. The number of benzene rings is 4. The van der Waals surface area contributed by atoms with Crippen LogP contribution in [0.1, 0.15) is 47.1 Å². The van der Waals surface area contributed by atoms with Crippen molar-refractivity contribution in [2.75, 3.05) is 0 Å². The van der Waals surface area contributed by atoms with Crippen molar-refractivity contribution in [1.82, 2.24) is 0 Å². The third kappa shape index (κ3) is 6.60. The second kappa shape index (κ2) is 14.6. The molecule has 4 aromatic rings. The molecule has 1 unspecified atom stereocenters. The van der Waals surface area contributed by atoms with Crippen molar-refractivity contribution in [2.45, 2.75) is 58.4 Å². The third-order valence-corrected chi connectivity index (χ3v) is 9.79. The summed E-state index contributed by atoms with van der Waals surface area (Å²) < 4.78 is 0. The molecule has 2 aliphatic rings. The Labute approximate surface area is 276 Å². The normalized spacial score (nSPS) is 14.2. The zero-order chi connectivity index (χ0) is 26.2. The van der Waals surface area contributed by atoms with E-state index in [4.69, 9.17) is 0 Å². The molecule has 40 heavy (non-hydrogen) atoms. The van der Waals surface area contributed by atoms with Crippen LogP contribution >= 0.6 is 0 Å². The molecule has 0 spiro atoms. The van der Waals surface area contributed by atoms with E-state index in [1.54, 1.807) is 0 Å². The smallest absolute Gasteiger partial charge is 1.00 e. The topological polar surface area (TPSA) is 0 Å². The summed E-state index contributed by atoms with van der Waals surface area (Å²) in [5.41, 5.74) is 14.1. The fraction of sp³-hybridized carbons (Fsp3) is 0.257. The summed E-state index contributed by atoms with van der Waals surface area (Å²) in [5.74, 6) is 0.297. The van der Waals surface area contributed by atoms with Gasteiger partial charge in [-0.1, -0.05) is 123 Å². The van der Waals surface area contributed by atoms with Crippen molar-refractivity contribution in [1.29, 1.82) is 0 Å². The number of fused-ring (bicyclic) bond motifs is 4. The van der Waals surface area contributed by atoms with Crippen LogP contribution in [0.3, 0.4) is 0 Å². The van der Waals surface area contributed by atoms with Crippen molar-refractivity contribution in [3.8, 4) is 22.3 Å². The van der Waals surface area contributed by atoms with E-state index in [0.717, 1.165) is 22.4 Å². The molecular weight excluding hydrogens is 639 g/mol. The molecule has 6 rings (SSSR count). The fourth-order valence-electron chi connectivity index (χ4n) is 5.89. The second-order valence-electron chi connectivity index (χ2n) is 11.3. The summed E-state index contributed by atoms with van der Waals surface area (Å²) >= 11 is 0. The monoisotopic (exact) mass is 674 g/mol. The molecule has 4 aromatic carbocycles. The fourth-order valence-corrected chi connectivity index (χ4v) is 7.06. The Balaban J connectivity index is 0.000000896. The summed E-state index contributed by atoms with van der Waals surface area (Å²) in [6.45, 7) is 14.0. The average Bonchev–Trinajstić information content (AvgIpc) is 3.47. The summed E-state index contributed by atoms with van der Waals surface area (Å²) in [6, 6.07) is 33.2. The van der Waals surface area contributed by atoms with E-state index in [9.17, 15) is 0 Å². The Bertz CT molecular complexity index is 1470. The Kier molecular flexibility index (Phi) is 12.7. The van der Waals surface area contributed by atoms with Crippen LogP contribution in [-0.2, 0) is 32.6 Å². The van der Waals surface area contributed by atoms with Crippen LogP contribution in [0, 0.1) is 6.07 Å². The zero-order valence-corrected chi connectivity index (χ0v) is 30.5. The minimum Gasteiger partial charge on any atom is -1.00 e. The van der Waals surface area contributed by atoms with Crippen molar-refractivity contribution >= 4 is 28.9 Å². The molecule has 0 heterocycles. The molecule has 0 aromatic heterocycles. The Morgan fingerprint density at radius 3 is 2.12 bits per heavy atom. The van der Waals surface area contributed by atoms with Gasteiger partial charge in [0, 0.05) is 15.4 Å². The molecule has 2 aliphatic carbocycles. The average molecular weight is 677 g/mol. The quantitative estimate of drug-likeness (QED) is 0.203. The van der Waals surface area contributed by atoms with Gasteiger partial charge in [-0.3, -0.25) is 0 Å². The molecule has 0 nitrogen and oxygen atoms in total. The van der Waals surface area contributed by atoms with Gasteiger partial charge in [0.25, 0.3) is 0 Å². The maximum absolute atomic E-state index is 3.70. The van der Waals surface area contributed by atoms with Gasteiger partial charge in [0.2, 0.25) is 0 Å². The van der Waals surface area contributed by atoms with E-state index >= 15 is 0 Å². The first-order valence-electron chi connectivity index (χ1n) is 13.7. The van der Waals surface area contributed by atoms with Crippen molar-refractivity contribution in [2.24, 2.45) is 0 Å². The van der Waals surface area contributed by atoms with E-state index in [-0.39, 0.29) is 51.0 Å². The molecule has 204 valence electrons. The largest absolute Gasteiger partial charge is 3.00 e. The minimum absolute atomic E-state index is 0. The first-order valence-corrected chi connectivity index (χ1v) is 19.5. The summed E-state index contributed by atoms with van der Waals surface area (Å²) in [7, 11) is -0.553.